The third-order valence-corrected chi connectivity index (χ3v) is 2.95. The molecule has 1 aromatic rings. The van der Waals surface area contributed by atoms with E-state index in [1.54, 1.807) is 16.8 Å². The number of hydrogen-bond donors (Lipinski definition) is 1. The average molecular weight is 170 g/mol. The molecular weight excluding hydrogens is 160 g/mol. The van der Waals surface area contributed by atoms with Crippen LogP contribution in [0, 0.1) is 0 Å². The molecule has 0 aliphatic heterocycles. The lowest BCUT2D eigenvalue weighted by Gasteiger charge is -2.39. The van der Waals surface area contributed by atoms with Gasteiger partial charge in [0.25, 0.3) is 0 Å². The molecule has 1 fully saturated rings. The van der Waals surface area contributed by atoms with E-state index in [-0.39, 0.29) is 0 Å². The molecule has 1 saturated carbocycles. The minimum absolute atomic E-state index is 0.448. The Kier molecular flexibility index (Phi) is 1.47. The molecular formula is C7H10N2OS. The second kappa shape index (κ2) is 2.25. The average Bonchev–Trinajstić information content (AvgIpc) is 2.32. The Morgan fingerprint density at radius 2 is 2.45 bits per heavy atom. The molecule has 0 amide bonds. The van der Waals surface area contributed by atoms with E-state index in [1.165, 1.54) is 0 Å². The van der Waals surface area contributed by atoms with Crippen LogP contribution in [0.1, 0.15) is 30.7 Å². The first-order valence-corrected chi connectivity index (χ1v) is 4.54. The summed E-state index contributed by atoms with van der Waals surface area (Å²) >= 11 is 1.57. The van der Waals surface area contributed by atoms with Gasteiger partial charge in [0, 0.05) is 5.92 Å². The Morgan fingerprint density at radius 3 is 2.91 bits per heavy atom. The molecule has 0 saturated heterocycles. The number of hydrogen-bond acceptors (Lipinski definition) is 4. The van der Waals surface area contributed by atoms with Gasteiger partial charge in [-0.05, 0) is 19.8 Å². The standard InChI is InChI=1S/C7H10N2OS/c1-7(10)2-5(3-7)6-9-8-4-11-6/h4-5,10H,2-3H2,1H3/t5-,7-. The lowest BCUT2D eigenvalue weighted by molar-refractivity contribution is -0.0314. The van der Waals surface area contributed by atoms with Gasteiger partial charge in [-0.1, -0.05) is 0 Å². The van der Waals surface area contributed by atoms with E-state index in [1.807, 2.05) is 6.92 Å². The first-order valence-electron chi connectivity index (χ1n) is 3.66. The topological polar surface area (TPSA) is 46.0 Å². The molecule has 4 heteroatoms. The van der Waals surface area contributed by atoms with Crippen molar-refractivity contribution in [3.63, 3.8) is 0 Å². The zero-order chi connectivity index (χ0) is 7.90. The summed E-state index contributed by atoms with van der Waals surface area (Å²) in [5.74, 6) is 0.456. The summed E-state index contributed by atoms with van der Waals surface area (Å²) in [6.07, 6.45) is 1.67. The Labute approximate surface area is 69.1 Å². The van der Waals surface area contributed by atoms with Crippen molar-refractivity contribution in [1.29, 1.82) is 0 Å². The molecule has 1 aromatic heterocycles. The lowest BCUT2D eigenvalue weighted by Crippen LogP contribution is -2.39. The Bertz CT molecular complexity index is 237. The molecule has 1 N–H and O–H groups in total. The largest absolute Gasteiger partial charge is 0.390 e. The SMILES string of the molecule is C[C@]1(O)C[C@H](c2nncs2)C1. The summed E-state index contributed by atoms with van der Waals surface area (Å²) in [7, 11) is 0. The van der Waals surface area contributed by atoms with Gasteiger partial charge >= 0.3 is 0 Å². The van der Waals surface area contributed by atoms with Gasteiger partial charge < -0.3 is 5.11 Å². The number of aliphatic hydroxyl groups is 1. The highest BCUT2D eigenvalue weighted by molar-refractivity contribution is 7.09. The monoisotopic (exact) mass is 170 g/mol. The number of nitrogens with zero attached hydrogens (tertiary/aromatic N) is 2. The smallest absolute Gasteiger partial charge is 0.120 e. The molecule has 60 valence electrons. The second-order valence-corrected chi connectivity index (χ2v) is 4.24. The molecule has 0 atom stereocenters. The fraction of sp³-hybridized carbons (Fsp3) is 0.714. The lowest BCUT2D eigenvalue weighted by atomic mass is 9.72. The minimum atomic E-state index is -0.448. The highest BCUT2D eigenvalue weighted by Gasteiger charge is 2.40. The van der Waals surface area contributed by atoms with Crippen molar-refractivity contribution in [2.45, 2.75) is 31.3 Å². The third kappa shape index (κ3) is 1.28. The van der Waals surface area contributed by atoms with E-state index in [0.29, 0.717) is 5.92 Å². The Morgan fingerprint density at radius 1 is 1.73 bits per heavy atom. The molecule has 0 unspecified atom stereocenters. The van der Waals surface area contributed by atoms with Gasteiger partial charge in [0.05, 0.1) is 5.60 Å². The van der Waals surface area contributed by atoms with E-state index in [0.717, 1.165) is 17.8 Å². The predicted octanol–water partition coefficient (Wildman–Crippen LogP) is 1.17. The highest BCUT2D eigenvalue weighted by atomic mass is 32.1. The third-order valence-electron chi connectivity index (χ3n) is 2.10. The fourth-order valence-corrected chi connectivity index (χ4v) is 2.19. The maximum Gasteiger partial charge on any atom is 0.120 e. The second-order valence-electron chi connectivity index (χ2n) is 3.38. The molecule has 0 aromatic carbocycles. The van der Waals surface area contributed by atoms with E-state index in [2.05, 4.69) is 10.2 Å². The van der Waals surface area contributed by atoms with Gasteiger partial charge in [0.15, 0.2) is 0 Å². The Balaban J connectivity index is 2.03. The predicted molar refractivity (Wildman–Crippen MR) is 42.5 cm³/mol. The van der Waals surface area contributed by atoms with Gasteiger partial charge in [-0.15, -0.1) is 21.5 Å². The van der Waals surface area contributed by atoms with Crippen molar-refractivity contribution in [1.82, 2.24) is 10.2 Å². The van der Waals surface area contributed by atoms with Crippen LogP contribution in [0.3, 0.4) is 0 Å². The van der Waals surface area contributed by atoms with Crippen molar-refractivity contribution >= 4 is 11.3 Å². The molecule has 0 bridgehead atoms. The summed E-state index contributed by atoms with van der Waals surface area (Å²) in [5.41, 5.74) is 1.29. The molecule has 2 rings (SSSR count). The van der Waals surface area contributed by atoms with Gasteiger partial charge in [0.1, 0.15) is 10.5 Å². The first-order chi connectivity index (χ1) is 5.17. The van der Waals surface area contributed by atoms with Crippen molar-refractivity contribution in [2.24, 2.45) is 0 Å². The van der Waals surface area contributed by atoms with E-state index < -0.39 is 5.60 Å². The number of aromatic nitrogens is 2. The summed E-state index contributed by atoms with van der Waals surface area (Å²) in [6.45, 7) is 1.87. The number of rotatable bonds is 1. The summed E-state index contributed by atoms with van der Waals surface area (Å²) in [6, 6.07) is 0. The van der Waals surface area contributed by atoms with Crippen LogP contribution in [-0.2, 0) is 0 Å². The van der Waals surface area contributed by atoms with E-state index in [4.69, 9.17) is 0 Å². The van der Waals surface area contributed by atoms with Gasteiger partial charge in [-0.3, -0.25) is 0 Å². The van der Waals surface area contributed by atoms with Crippen LogP contribution in [0.15, 0.2) is 5.51 Å². The van der Waals surface area contributed by atoms with Crippen LogP contribution < -0.4 is 0 Å². The van der Waals surface area contributed by atoms with Gasteiger partial charge in [-0.25, -0.2) is 0 Å². The van der Waals surface area contributed by atoms with Crippen molar-refractivity contribution in [3.05, 3.63) is 10.5 Å². The maximum absolute atomic E-state index is 9.44. The molecule has 1 aliphatic rings. The van der Waals surface area contributed by atoms with Crippen LogP contribution >= 0.6 is 11.3 Å². The van der Waals surface area contributed by atoms with Crippen molar-refractivity contribution < 1.29 is 5.11 Å². The minimum Gasteiger partial charge on any atom is -0.390 e. The zero-order valence-electron chi connectivity index (χ0n) is 6.32. The van der Waals surface area contributed by atoms with Crippen LogP contribution in [0.2, 0.25) is 0 Å². The molecule has 0 radical (unpaired) electrons. The first kappa shape index (κ1) is 7.18. The summed E-state index contributed by atoms with van der Waals surface area (Å²) < 4.78 is 0. The highest BCUT2D eigenvalue weighted by Crippen LogP contribution is 2.44. The molecule has 0 spiro atoms. The normalized spacial score (nSPS) is 36.7. The van der Waals surface area contributed by atoms with Crippen LogP contribution in [0.4, 0.5) is 0 Å². The molecule has 11 heavy (non-hydrogen) atoms. The van der Waals surface area contributed by atoms with Gasteiger partial charge in [-0.2, -0.15) is 0 Å². The quantitative estimate of drug-likeness (QED) is 0.688. The summed E-state index contributed by atoms with van der Waals surface area (Å²) in [4.78, 5) is 0. The van der Waals surface area contributed by atoms with E-state index in [9.17, 15) is 5.11 Å². The molecule has 3 nitrogen and oxygen atoms in total. The van der Waals surface area contributed by atoms with Crippen molar-refractivity contribution in [3.8, 4) is 0 Å². The van der Waals surface area contributed by atoms with Crippen molar-refractivity contribution in [2.75, 3.05) is 0 Å². The summed E-state index contributed by atoms with van der Waals surface area (Å²) in [5, 5.41) is 18.2. The fourth-order valence-electron chi connectivity index (χ4n) is 1.54. The molecule has 1 aliphatic carbocycles. The van der Waals surface area contributed by atoms with E-state index >= 15 is 0 Å². The zero-order valence-corrected chi connectivity index (χ0v) is 7.14. The maximum atomic E-state index is 9.44. The van der Waals surface area contributed by atoms with Crippen LogP contribution in [-0.4, -0.2) is 20.9 Å². The molecule has 1 heterocycles. The van der Waals surface area contributed by atoms with Gasteiger partial charge in [0.2, 0.25) is 0 Å². The Hall–Kier alpha value is -0.480. The van der Waals surface area contributed by atoms with Crippen LogP contribution in [0.25, 0.3) is 0 Å². The van der Waals surface area contributed by atoms with Crippen LogP contribution in [0.5, 0.6) is 0 Å².